The maximum absolute atomic E-state index is 13.9. The first kappa shape index (κ1) is 21.4. The molecule has 0 saturated carbocycles. The molecule has 0 unspecified atom stereocenters. The molecule has 31 heavy (non-hydrogen) atoms. The van der Waals surface area contributed by atoms with Crippen LogP contribution in [0.1, 0.15) is 6.92 Å². The van der Waals surface area contributed by atoms with Gasteiger partial charge in [0.25, 0.3) is 0 Å². The number of aromatic nitrogens is 3. The molecule has 1 N–H and O–H groups in total. The number of hydrogen-bond acceptors (Lipinski definition) is 6. The topological polar surface area (TPSA) is 82.2 Å². The molecule has 0 fully saturated rings. The first-order valence-corrected chi connectivity index (χ1v) is 11.2. The van der Waals surface area contributed by atoms with Gasteiger partial charge in [-0.15, -0.1) is 10.2 Å². The van der Waals surface area contributed by atoms with Crippen LogP contribution in [-0.2, 0) is 11.3 Å². The highest BCUT2D eigenvalue weighted by Gasteiger charge is 2.19. The quantitative estimate of drug-likeness (QED) is 0.341. The molecule has 0 spiro atoms. The Morgan fingerprint density at radius 2 is 2.13 bits per heavy atom. The molecule has 0 bridgehead atoms. The van der Waals surface area contributed by atoms with Crippen LogP contribution in [0.4, 0.5) is 10.1 Å². The molecule has 0 atom stereocenters. The Morgan fingerprint density at radius 3 is 2.87 bits per heavy atom. The van der Waals surface area contributed by atoms with E-state index in [0.717, 1.165) is 5.39 Å². The molecule has 0 aliphatic carbocycles. The Bertz CT molecular complexity index is 1260. The number of nitrogens with zero attached hydrogens (tertiary/aromatic N) is 3. The normalized spacial score (nSPS) is 11.1. The SMILES string of the molecule is CCn1c(SCC(=O)Nc2ccc(Br)cc2F)nnc1-c1cc2cccc(OC)c2o1. The number of furan rings is 1. The number of amides is 1. The monoisotopic (exact) mass is 504 g/mol. The third kappa shape index (κ3) is 4.45. The number of hydrogen-bond donors (Lipinski definition) is 1. The van der Waals surface area contributed by atoms with Crippen molar-refractivity contribution < 1.29 is 18.3 Å². The molecule has 4 rings (SSSR count). The maximum atomic E-state index is 13.9. The first-order valence-electron chi connectivity index (χ1n) is 9.38. The van der Waals surface area contributed by atoms with E-state index >= 15 is 0 Å². The molecular weight excluding hydrogens is 487 g/mol. The van der Waals surface area contributed by atoms with E-state index in [4.69, 9.17) is 9.15 Å². The van der Waals surface area contributed by atoms with Gasteiger partial charge in [-0.05, 0) is 37.3 Å². The molecule has 0 saturated heterocycles. The summed E-state index contributed by atoms with van der Waals surface area (Å²) < 4.78 is 27.7. The summed E-state index contributed by atoms with van der Waals surface area (Å²) in [5.74, 6) is 0.961. The van der Waals surface area contributed by atoms with Gasteiger partial charge in [0.15, 0.2) is 22.2 Å². The Morgan fingerprint density at radius 1 is 1.29 bits per heavy atom. The van der Waals surface area contributed by atoms with Crippen molar-refractivity contribution in [2.45, 2.75) is 18.6 Å². The van der Waals surface area contributed by atoms with Crippen molar-refractivity contribution in [1.82, 2.24) is 14.8 Å². The number of para-hydroxylation sites is 1. The number of rotatable bonds is 7. The van der Waals surface area contributed by atoms with Crippen LogP contribution >= 0.6 is 27.7 Å². The zero-order chi connectivity index (χ0) is 22.0. The van der Waals surface area contributed by atoms with Gasteiger partial charge in [0, 0.05) is 16.4 Å². The number of anilines is 1. The second-order valence-electron chi connectivity index (χ2n) is 6.50. The zero-order valence-electron chi connectivity index (χ0n) is 16.7. The predicted molar refractivity (Wildman–Crippen MR) is 121 cm³/mol. The lowest BCUT2D eigenvalue weighted by molar-refractivity contribution is -0.113. The smallest absolute Gasteiger partial charge is 0.234 e. The Kier molecular flexibility index (Phi) is 6.28. The average Bonchev–Trinajstić information content (AvgIpc) is 3.37. The minimum atomic E-state index is -0.507. The van der Waals surface area contributed by atoms with Crippen LogP contribution in [0.25, 0.3) is 22.6 Å². The Balaban J connectivity index is 1.51. The van der Waals surface area contributed by atoms with Crippen molar-refractivity contribution in [3.8, 4) is 17.3 Å². The lowest BCUT2D eigenvalue weighted by atomic mass is 10.2. The van der Waals surface area contributed by atoms with Gasteiger partial charge in [-0.3, -0.25) is 9.36 Å². The fourth-order valence-corrected chi connectivity index (χ4v) is 4.21. The molecule has 0 radical (unpaired) electrons. The molecule has 7 nitrogen and oxygen atoms in total. The van der Waals surface area contributed by atoms with Crippen LogP contribution in [0.2, 0.25) is 0 Å². The number of halogens is 2. The molecule has 2 aromatic carbocycles. The van der Waals surface area contributed by atoms with Gasteiger partial charge in [-0.2, -0.15) is 0 Å². The predicted octanol–water partition coefficient (Wildman–Crippen LogP) is 5.35. The van der Waals surface area contributed by atoms with E-state index in [1.165, 1.54) is 23.9 Å². The summed E-state index contributed by atoms with van der Waals surface area (Å²) in [7, 11) is 1.59. The minimum absolute atomic E-state index is 0.0571. The third-order valence-corrected chi connectivity index (χ3v) is 5.98. The van der Waals surface area contributed by atoms with Gasteiger partial charge in [0.2, 0.25) is 11.7 Å². The fourth-order valence-electron chi connectivity index (χ4n) is 3.08. The molecule has 0 aliphatic rings. The Hall–Kier alpha value is -2.85. The summed E-state index contributed by atoms with van der Waals surface area (Å²) in [5, 5.41) is 12.5. The number of benzene rings is 2. The first-order chi connectivity index (χ1) is 15.0. The van der Waals surface area contributed by atoms with Crippen molar-refractivity contribution in [3.05, 3.63) is 52.8 Å². The van der Waals surface area contributed by atoms with Crippen molar-refractivity contribution >= 4 is 50.3 Å². The van der Waals surface area contributed by atoms with E-state index in [2.05, 4.69) is 31.4 Å². The third-order valence-electron chi connectivity index (χ3n) is 4.52. The highest BCUT2D eigenvalue weighted by Crippen LogP contribution is 2.33. The van der Waals surface area contributed by atoms with E-state index in [1.807, 2.05) is 35.8 Å². The van der Waals surface area contributed by atoms with Gasteiger partial charge in [-0.25, -0.2) is 4.39 Å². The summed E-state index contributed by atoms with van der Waals surface area (Å²) >= 11 is 4.41. The molecule has 2 heterocycles. The molecule has 4 aromatic rings. The number of ether oxygens (including phenoxy) is 1. The highest BCUT2D eigenvalue weighted by atomic mass is 79.9. The molecule has 10 heteroatoms. The standard InChI is InChI=1S/C21H18BrFN4O3S/c1-3-27-20(17-9-12-5-4-6-16(29-2)19(12)30-17)25-26-21(27)31-11-18(28)24-15-8-7-13(22)10-14(15)23/h4-10H,3,11H2,1-2H3,(H,24,28). The van der Waals surface area contributed by atoms with Crippen molar-refractivity contribution in [2.75, 3.05) is 18.2 Å². The second-order valence-corrected chi connectivity index (χ2v) is 8.36. The number of carbonyl (C=O) groups is 1. The maximum Gasteiger partial charge on any atom is 0.234 e. The Labute approximate surface area is 190 Å². The van der Waals surface area contributed by atoms with E-state index < -0.39 is 5.82 Å². The summed E-state index contributed by atoms with van der Waals surface area (Å²) in [4.78, 5) is 12.3. The van der Waals surface area contributed by atoms with Crippen LogP contribution < -0.4 is 10.1 Å². The largest absolute Gasteiger partial charge is 0.493 e. The van der Waals surface area contributed by atoms with Gasteiger partial charge in [0.1, 0.15) is 5.82 Å². The van der Waals surface area contributed by atoms with Crippen LogP contribution in [0.15, 0.2) is 56.5 Å². The van der Waals surface area contributed by atoms with E-state index in [0.29, 0.717) is 39.1 Å². The van der Waals surface area contributed by atoms with Crippen LogP contribution in [0.5, 0.6) is 5.75 Å². The summed E-state index contributed by atoms with van der Waals surface area (Å²) in [5.41, 5.74) is 0.762. The fraction of sp³-hybridized carbons (Fsp3) is 0.190. The van der Waals surface area contributed by atoms with Crippen molar-refractivity contribution in [3.63, 3.8) is 0 Å². The van der Waals surface area contributed by atoms with Gasteiger partial charge < -0.3 is 14.5 Å². The second kappa shape index (κ2) is 9.11. The number of nitrogens with one attached hydrogen (secondary N) is 1. The molecular formula is C21H18BrFN4O3S. The zero-order valence-corrected chi connectivity index (χ0v) is 19.1. The van der Waals surface area contributed by atoms with Gasteiger partial charge >= 0.3 is 0 Å². The lowest BCUT2D eigenvalue weighted by Crippen LogP contribution is -2.15. The minimum Gasteiger partial charge on any atom is -0.493 e. The molecule has 2 aromatic heterocycles. The number of fused-ring (bicyclic) bond motifs is 1. The number of thioether (sulfide) groups is 1. The van der Waals surface area contributed by atoms with E-state index in [1.54, 1.807) is 13.2 Å². The molecule has 160 valence electrons. The van der Waals surface area contributed by atoms with Crippen LogP contribution in [-0.4, -0.2) is 33.5 Å². The average molecular weight is 505 g/mol. The van der Waals surface area contributed by atoms with Gasteiger partial charge in [-0.1, -0.05) is 39.8 Å². The lowest BCUT2D eigenvalue weighted by Gasteiger charge is -2.08. The van der Waals surface area contributed by atoms with Crippen molar-refractivity contribution in [1.29, 1.82) is 0 Å². The summed E-state index contributed by atoms with van der Waals surface area (Å²) in [6.45, 7) is 2.54. The number of carbonyl (C=O) groups excluding carboxylic acids is 1. The molecule has 0 aliphatic heterocycles. The van der Waals surface area contributed by atoms with Gasteiger partial charge in [0.05, 0.1) is 18.6 Å². The van der Waals surface area contributed by atoms with E-state index in [-0.39, 0.29) is 17.3 Å². The molecule has 1 amide bonds. The summed E-state index contributed by atoms with van der Waals surface area (Å²) in [6, 6.07) is 12.0. The highest BCUT2D eigenvalue weighted by molar-refractivity contribution is 9.10. The summed E-state index contributed by atoms with van der Waals surface area (Å²) in [6.07, 6.45) is 0. The number of methoxy groups -OCH3 is 1. The van der Waals surface area contributed by atoms with Crippen molar-refractivity contribution in [2.24, 2.45) is 0 Å². The van der Waals surface area contributed by atoms with Crippen LogP contribution in [0, 0.1) is 5.82 Å². The van der Waals surface area contributed by atoms with Crippen LogP contribution in [0.3, 0.4) is 0 Å². The van der Waals surface area contributed by atoms with E-state index in [9.17, 15) is 9.18 Å².